The highest BCUT2D eigenvalue weighted by atomic mass is 16.5. The molecule has 1 N–H and O–H groups in total. The Morgan fingerprint density at radius 3 is 2.40 bits per heavy atom. The van der Waals surface area contributed by atoms with Gasteiger partial charge in [0.25, 0.3) is 0 Å². The van der Waals surface area contributed by atoms with E-state index in [0.29, 0.717) is 6.61 Å². The maximum atomic E-state index is 10.1. The topological polar surface area (TPSA) is 38.7 Å². The maximum Gasteiger partial charge on any atom is 0.118 e. The standard InChI is InChI=1S/C17H28O3/c1-4-5-6-7-8-14(2)20-13-17(18)15-9-11-16(19-3)12-10-15/h9-12,14,17-18H,4-8,13H2,1-3H3. The van der Waals surface area contributed by atoms with Crippen LogP contribution in [0.2, 0.25) is 0 Å². The van der Waals surface area contributed by atoms with E-state index in [2.05, 4.69) is 13.8 Å². The number of rotatable bonds is 10. The minimum atomic E-state index is -0.570. The van der Waals surface area contributed by atoms with Gasteiger partial charge >= 0.3 is 0 Å². The second kappa shape index (κ2) is 9.78. The number of benzene rings is 1. The van der Waals surface area contributed by atoms with E-state index in [1.165, 1.54) is 25.7 Å². The van der Waals surface area contributed by atoms with Gasteiger partial charge in [0.15, 0.2) is 0 Å². The van der Waals surface area contributed by atoms with Gasteiger partial charge in [-0.2, -0.15) is 0 Å². The van der Waals surface area contributed by atoms with Crippen LogP contribution in [0.25, 0.3) is 0 Å². The van der Waals surface area contributed by atoms with Crippen LogP contribution in [0.5, 0.6) is 5.75 Å². The molecule has 0 fully saturated rings. The molecule has 1 aromatic carbocycles. The lowest BCUT2D eigenvalue weighted by molar-refractivity contribution is -0.00652. The van der Waals surface area contributed by atoms with E-state index in [0.717, 1.165) is 17.7 Å². The number of hydrogen-bond donors (Lipinski definition) is 1. The van der Waals surface area contributed by atoms with Crippen LogP contribution < -0.4 is 4.74 Å². The van der Waals surface area contributed by atoms with E-state index < -0.39 is 6.10 Å². The molecule has 3 heteroatoms. The molecule has 0 radical (unpaired) electrons. The third kappa shape index (κ3) is 6.40. The predicted octanol–water partition coefficient (Wildman–Crippen LogP) is 4.10. The van der Waals surface area contributed by atoms with E-state index in [-0.39, 0.29) is 6.10 Å². The molecule has 0 aliphatic carbocycles. The van der Waals surface area contributed by atoms with E-state index in [4.69, 9.17) is 9.47 Å². The van der Waals surface area contributed by atoms with Gasteiger partial charge in [-0.3, -0.25) is 0 Å². The van der Waals surface area contributed by atoms with Crippen molar-refractivity contribution >= 4 is 0 Å². The zero-order valence-electron chi connectivity index (χ0n) is 13.0. The third-order valence-corrected chi connectivity index (χ3v) is 3.50. The predicted molar refractivity (Wildman–Crippen MR) is 82.1 cm³/mol. The molecule has 3 nitrogen and oxygen atoms in total. The molecule has 0 aromatic heterocycles. The molecule has 0 aliphatic heterocycles. The lowest BCUT2D eigenvalue weighted by Crippen LogP contribution is -2.14. The zero-order valence-corrected chi connectivity index (χ0v) is 13.0. The SMILES string of the molecule is CCCCCCC(C)OCC(O)c1ccc(OC)cc1. The third-order valence-electron chi connectivity index (χ3n) is 3.50. The first-order valence-corrected chi connectivity index (χ1v) is 7.61. The van der Waals surface area contributed by atoms with E-state index in [1.807, 2.05) is 24.3 Å². The summed E-state index contributed by atoms with van der Waals surface area (Å²) in [6.45, 7) is 4.64. The van der Waals surface area contributed by atoms with Crippen molar-refractivity contribution in [3.63, 3.8) is 0 Å². The van der Waals surface area contributed by atoms with Crippen LogP contribution in [-0.4, -0.2) is 24.9 Å². The monoisotopic (exact) mass is 280 g/mol. The van der Waals surface area contributed by atoms with Gasteiger partial charge < -0.3 is 14.6 Å². The van der Waals surface area contributed by atoms with Crippen LogP contribution in [0.15, 0.2) is 24.3 Å². The summed E-state index contributed by atoms with van der Waals surface area (Å²) in [4.78, 5) is 0. The highest BCUT2D eigenvalue weighted by Crippen LogP contribution is 2.18. The Morgan fingerprint density at radius 2 is 1.80 bits per heavy atom. The van der Waals surface area contributed by atoms with Crippen LogP contribution in [0.1, 0.15) is 57.6 Å². The molecular formula is C17H28O3. The molecule has 1 aromatic rings. The first kappa shape index (κ1) is 17.0. The first-order valence-electron chi connectivity index (χ1n) is 7.61. The number of ether oxygens (including phenoxy) is 2. The van der Waals surface area contributed by atoms with Gasteiger partial charge in [-0.1, -0.05) is 44.7 Å². The summed E-state index contributed by atoms with van der Waals surface area (Å²) in [6, 6.07) is 7.46. The van der Waals surface area contributed by atoms with Crippen LogP contribution >= 0.6 is 0 Å². The van der Waals surface area contributed by atoms with Crippen molar-refractivity contribution in [3.8, 4) is 5.75 Å². The maximum absolute atomic E-state index is 10.1. The minimum Gasteiger partial charge on any atom is -0.497 e. The van der Waals surface area contributed by atoms with Crippen molar-refractivity contribution in [2.75, 3.05) is 13.7 Å². The van der Waals surface area contributed by atoms with E-state index >= 15 is 0 Å². The Labute approximate surface area is 122 Å². The lowest BCUT2D eigenvalue weighted by Gasteiger charge is -2.17. The average Bonchev–Trinajstić information content (AvgIpc) is 2.49. The Hall–Kier alpha value is -1.06. The Morgan fingerprint density at radius 1 is 1.10 bits per heavy atom. The quantitative estimate of drug-likeness (QED) is 0.656. The van der Waals surface area contributed by atoms with Crippen molar-refractivity contribution in [3.05, 3.63) is 29.8 Å². The molecule has 0 amide bonds. The van der Waals surface area contributed by atoms with Crippen molar-refractivity contribution < 1.29 is 14.6 Å². The summed E-state index contributed by atoms with van der Waals surface area (Å²) in [5.74, 6) is 0.797. The molecule has 0 bridgehead atoms. The molecule has 2 unspecified atom stereocenters. The summed E-state index contributed by atoms with van der Waals surface area (Å²) in [5, 5.41) is 10.1. The first-order chi connectivity index (χ1) is 9.67. The minimum absolute atomic E-state index is 0.208. The summed E-state index contributed by atoms with van der Waals surface area (Å²) < 4.78 is 10.8. The van der Waals surface area contributed by atoms with Gasteiger partial charge in [0.05, 0.1) is 19.8 Å². The largest absolute Gasteiger partial charge is 0.497 e. The van der Waals surface area contributed by atoms with Gasteiger partial charge in [0.2, 0.25) is 0 Å². The normalized spacial score (nSPS) is 14.0. The highest BCUT2D eigenvalue weighted by molar-refractivity contribution is 5.28. The van der Waals surface area contributed by atoms with E-state index in [1.54, 1.807) is 7.11 Å². The average molecular weight is 280 g/mol. The van der Waals surface area contributed by atoms with Gasteiger partial charge in [-0.25, -0.2) is 0 Å². The molecule has 0 aliphatic rings. The van der Waals surface area contributed by atoms with Crippen molar-refractivity contribution in [2.24, 2.45) is 0 Å². The summed E-state index contributed by atoms with van der Waals surface area (Å²) in [5.41, 5.74) is 0.865. The number of hydrogen-bond acceptors (Lipinski definition) is 3. The second-order valence-corrected chi connectivity index (χ2v) is 5.28. The van der Waals surface area contributed by atoms with E-state index in [9.17, 15) is 5.11 Å². The fourth-order valence-electron chi connectivity index (χ4n) is 2.12. The lowest BCUT2D eigenvalue weighted by atomic mass is 10.1. The van der Waals surface area contributed by atoms with Crippen LogP contribution in [0.3, 0.4) is 0 Å². The van der Waals surface area contributed by atoms with Crippen LogP contribution in [0, 0.1) is 0 Å². The molecule has 1 rings (SSSR count). The second-order valence-electron chi connectivity index (χ2n) is 5.28. The van der Waals surface area contributed by atoms with Gasteiger partial charge in [-0.05, 0) is 31.0 Å². The summed E-state index contributed by atoms with van der Waals surface area (Å²) in [7, 11) is 1.63. The molecule has 0 saturated carbocycles. The smallest absolute Gasteiger partial charge is 0.118 e. The van der Waals surface area contributed by atoms with Crippen molar-refractivity contribution in [1.82, 2.24) is 0 Å². The van der Waals surface area contributed by atoms with Crippen molar-refractivity contribution in [2.45, 2.75) is 58.2 Å². The molecule has 20 heavy (non-hydrogen) atoms. The Bertz CT molecular complexity index is 348. The molecule has 0 heterocycles. The number of unbranched alkanes of at least 4 members (excludes halogenated alkanes) is 3. The van der Waals surface area contributed by atoms with Crippen molar-refractivity contribution in [1.29, 1.82) is 0 Å². The summed E-state index contributed by atoms with van der Waals surface area (Å²) >= 11 is 0. The molecule has 0 spiro atoms. The van der Waals surface area contributed by atoms with Gasteiger partial charge in [-0.15, -0.1) is 0 Å². The van der Waals surface area contributed by atoms with Gasteiger partial charge in [0.1, 0.15) is 11.9 Å². The van der Waals surface area contributed by atoms with Crippen LogP contribution in [-0.2, 0) is 4.74 Å². The fraction of sp³-hybridized carbons (Fsp3) is 0.647. The Balaban J connectivity index is 2.25. The zero-order chi connectivity index (χ0) is 14.8. The summed E-state index contributed by atoms with van der Waals surface area (Å²) in [6.07, 6.45) is 5.72. The number of aliphatic hydroxyl groups is 1. The number of aliphatic hydroxyl groups excluding tert-OH is 1. The molecule has 0 saturated heterocycles. The van der Waals surface area contributed by atoms with Gasteiger partial charge in [0, 0.05) is 0 Å². The van der Waals surface area contributed by atoms with Crippen LogP contribution in [0.4, 0.5) is 0 Å². The highest BCUT2D eigenvalue weighted by Gasteiger charge is 2.10. The molecule has 2 atom stereocenters. The number of methoxy groups -OCH3 is 1. The molecule has 114 valence electrons. The fourth-order valence-corrected chi connectivity index (χ4v) is 2.12. The molecular weight excluding hydrogens is 252 g/mol. The Kier molecular flexibility index (Phi) is 8.31.